The first kappa shape index (κ1) is 21.8. The first-order chi connectivity index (χ1) is 13.3. The topological polar surface area (TPSA) is 106 Å². The van der Waals surface area contributed by atoms with Crippen molar-refractivity contribution in [3.05, 3.63) is 59.0 Å². The predicted molar refractivity (Wildman–Crippen MR) is 89.1 cm³/mol. The lowest BCUT2D eigenvalue weighted by molar-refractivity contribution is -0.143. The lowest BCUT2D eigenvalue weighted by atomic mass is 10.0. The van der Waals surface area contributed by atoms with Gasteiger partial charge in [-0.05, 0) is 18.2 Å². The SMILES string of the molecule is Cn1cc(/C(=C\N/N=C(\N)c2cc(C(F)(F)F)cc(C(F)(F)F)c2)C(=O)O)cn1. The lowest BCUT2D eigenvalue weighted by Gasteiger charge is -2.14. The van der Waals surface area contributed by atoms with E-state index < -0.39 is 40.8 Å². The number of hydrogen-bond donors (Lipinski definition) is 3. The van der Waals surface area contributed by atoms with Crippen LogP contribution in [0.3, 0.4) is 0 Å². The van der Waals surface area contributed by atoms with E-state index in [1.807, 2.05) is 0 Å². The highest BCUT2D eigenvalue weighted by molar-refractivity contribution is 6.15. The summed E-state index contributed by atoms with van der Waals surface area (Å²) in [5.41, 5.74) is 3.70. The second-order valence-corrected chi connectivity index (χ2v) is 5.69. The fourth-order valence-electron chi connectivity index (χ4n) is 2.16. The van der Waals surface area contributed by atoms with E-state index in [1.54, 1.807) is 7.05 Å². The fraction of sp³-hybridized carbons (Fsp3) is 0.188. The van der Waals surface area contributed by atoms with E-state index in [4.69, 9.17) is 5.73 Å². The Morgan fingerprint density at radius 1 is 1.14 bits per heavy atom. The van der Waals surface area contributed by atoms with Crippen LogP contribution < -0.4 is 11.2 Å². The van der Waals surface area contributed by atoms with E-state index >= 15 is 0 Å². The average molecular weight is 421 g/mol. The number of halogens is 6. The molecule has 2 aromatic rings. The summed E-state index contributed by atoms with van der Waals surface area (Å²) in [4.78, 5) is 11.3. The third kappa shape index (κ3) is 5.49. The van der Waals surface area contributed by atoms with Crippen molar-refractivity contribution in [1.29, 1.82) is 0 Å². The molecule has 0 atom stereocenters. The molecule has 156 valence electrons. The minimum atomic E-state index is -5.04. The second kappa shape index (κ2) is 7.85. The zero-order valence-corrected chi connectivity index (χ0v) is 14.5. The van der Waals surface area contributed by atoms with E-state index in [-0.39, 0.29) is 17.2 Å². The zero-order chi connectivity index (χ0) is 22.0. The lowest BCUT2D eigenvalue weighted by Crippen LogP contribution is -2.20. The first-order valence-electron chi connectivity index (χ1n) is 7.60. The second-order valence-electron chi connectivity index (χ2n) is 5.69. The number of benzene rings is 1. The highest BCUT2D eigenvalue weighted by Crippen LogP contribution is 2.36. The van der Waals surface area contributed by atoms with Crippen molar-refractivity contribution < 1.29 is 36.2 Å². The molecule has 13 heteroatoms. The van der Waals surface area contributed by atoms with Gasteiger partial charge in [0.2, 0.25) is 0 Å². The number of nitrogens with two attached hydrogens (primary N) is 1. The average Bonchev–Trinajstić information content (AvgIpc) is 3.02. The van der Waals surface area contributed by atoms with Crippen molar-refractivity contribution in [2.24, 2.45) is 17.9 Å². The number of carboxylic acids is 1. The molecule has 0 aliphatic heterocycles. The number of nitrogens with zero attached hydrogens (tertiary/aromatic N) is 3. The van der Waals surface area contributed by atoms with Crippen LogP contribution in [-0.4, -0.2) is 26.7 Å². The van der Waals surface area contributed by atoms with E-state index in [2.05, 4.69) is 15.6 Å². The quantitative estimate of drug-likeness (QED) is 0.226. The number of carbonyl (C=O) groups is 1. The monoisotopic (exact) mass is 421 g/mol. The van der Waals surface area contributed by atoms with E-state index in [9.17, 15) is 36.2 Å². The number of aryl methyl sites for hydroxylation is 1. The molecule has 1 aromatic carbocycles. The van der Waals surface area contributed by atoms with Gasteiger partial charge in [0, 0.05) is 30.6 Å². The predicted octanol–water partition coefficient (Wildman–Crippen LogP) is 2.79. The van der Waals surface area contributed by atoms with Gasteiger partial charge in [-0.1, -0.05) is 0 Å². The van der Waals surface area contributed by atoms with Gasteiger partial charge in [0.25, 0.3) is 0 Å². The number of rotatable bonds is 5. The molecule has 4 N–H and O–H groups in total. The van der Waals surface area contributed by atoms with Crippen LogP contribution in [0, 0.1) is 0 Å². The summed E-state index contributed by atoms with van der Waals surface area (Å²) >= 11 is 0. The maximum Gasteiger partial charge on any atom is 0.416 e. The normalized spacial score (nSPS) is 13.5. The van der Waals surface area contributed by atoms with Crippen LogP contribution in [0.1, 0.15) is 22.3 Å². The van der Waals surface area contributed by atoms with Gasteiger partial charge in [-0.15, -0.1) is 0 Å². The Hall–Kier alpha value is -3.51. The van der Waals surface area contributed by atoms with Crippen molar-refractivity contribution in [2.75, 3.05) is 0 Å². The molecule has 7 nitrogen and oxygen atoms in total. The highest BCUT2D eigenvalue weighted by atomic mass is 19.4. The van der Waals surface area contributed by atoms with Crippen LogP contribution in [0.5, 0.6) is 0 Å². The molecule has 2 rings (SSSR count). The van der Waals surface area contributed by atoms with Gasteiger partial charge in [-0.25, -0.2) is 4.79 Å². The Balaban J connectivity index is 2.38. The molecule has 0 unspecified atom stereocenters. The number of amidine groups is 1. The maximum absolute atomic E-state index is 12.9. The molecule has 0 spiro atoms. The standard InChI is InChI=1S/C16H13F6N5O2/c1-27-7-9(5-25-27)12(14(28)29)6-24-26-13(23)8-2-10(15(17,18)19)4-11(3-8)16(20,21)22/h2-7,24H,1H3,(H2,23,26)(H,28,29)/b12-6+. The third-order valence-electron chi connectivity index (χ3n) is 3.52. The highest BCUT2D eigenvalue weighted by Gasteiger charge is 2.37. The van der Waals surface area contributed by atoms with Gasteiger partial charge in [-0.3, -0.25) is 10.1 Å². The van der Waals surface area contributed by atoms with Gasteiger partial charge in [0.05, 0.1) is 22.9 Å². The molecule has 0 fully saturated rings. The molecule has 0 amide bonds. The molecule has 1 heterocycles. The largest absolute Gasteiger partial charge is 0.478 e. The number of nitrogens with one attached hydrogen (secondary N) is 1. The van der Waals surface area contributed by atoms with Gasteiger partial charge in [-0.2, -0.15) is 36.5 Å². The van der Waals surface area contributed by atoms with Crippen LogP contribution >= 0.6 is 0 Å². The van der Waals surface area contributed by atoms with Crippen molar-refractivity contribution in [1.82, 2.24) is 15.2 Å². The molecule has 0 saturated carbocycles. The molecule has 0 radical (unpaired) electrons. The van der Waals surface area contributed by atoms with Gasteiger partial charge in [0.1, 0.15) is 0 Å². The van der Waals surface area contributed by atoms with Gasteiger partial charge in [0.15, 0.2) is 5.84 Å². The molecule has 0 aliphatic rings. The van der Waals surface area contributed by atoms with Crippen LogP contribution in [-0.2, 0) is 24.2 Å². The Morgan fingerprint density at radius 3 is 2.10 bits per heavy atom. The first-order valence-corrected chi connectivity index (χ1v) is 7.60. The summed E-state index contributed by atoms with van der Waals surface area (Å²) < 4.78 is 78.7. The maximum atomic E-state index is 12.9. The summed E-state index contributed by atoms with van der Waals surface area (Å²) in [5.74, 6) is -2.09. The van der Waals surface area contributed by atoms with Gasteiger partial charge < -0.3 is 10.8 Å². The van der Waals surface area contributed by atoms with Crippen molar-refractivity contribution in [3.63, 3.8) is 0 Å². The third-order valence-corrected chi connectivity index (χ3v) is 3.52. The summed E-state index contributed by atoms with van der Waals surface area (Å²) in [6.07, 6.45) is -6.61. The Kier molecular flexibility index (Phi) is 5.90. The van der Waals surface area contributed by atoms with Crippen molar-refractivity contribution in [2.45, 2.75) is 12.4 Å². The Labute approximate surface area is 159 Å². The minimum Gasteiger partial charge on any atom is -0.478 e. The molecular weight excluding hydrogens is 408 g/mol. The van der Waals surface area contributed by atoms with Gasteiger partial charge >= 0.3 is 18.3 Å². The van der Waals surface area contributed by atoms with Crippen LogP contribution in [0.2, 0.25) is 0 Å². The molecular formula is C16H13F6N5O2. The molecule has 0 aliphatic carbocycles. The summed E-state index contributed by atoms with van der Waals surface area (Å²) in [6.45, 7) is 0. The summed E-state index contributed by atoms with van der Waals surface area (Å²) in [6, 6.07) is 0.756. The smallest absolute Gasteiger partial charge is 0.416 e. The summed E-state index contributed by atoms with van der Waals surface area (Å²) in [7, 11) is 1.54. The van der Waals surface area contributed by atoms with Crippen LogP contribution in [0.15, 0.2) is 41.9 Å². The number of hydrazone groups is 1. The molecule has 1 aromatic heterocycles. The Morgan fingerprint density at radius 2 is 1.69 bits per heavy atom. The molecule has 0 bridgehead atoms. The summed E-state index contributed by atoms with van der Waals surface area (Å²) in [5, 5.41) is 16.4. The van der Waals surface area contributed by atoms with Crippen molar-refractivity contribution >= 4 is 17.4 Å². The molecule has 0 saturated heterocycles. The molecule has 29 heavy (non-hydrogen) atoms. The van der Waals surface area contributed by atoms with Crippen LogP contribution in [0.4, 0.5) is 26.3 Å². The van der Waals surface area contributed by atoms with E-state index in [1.165, 1.54) is 17.1 Å². The van der Waals surface area contributed by atoms with Crippen LogP contribution in [0.25, 0.3) is 5.57 Å². The number of hydrogen-bond acceptors (Lipinski definition) is 4. The minimum absolute atomic E-state index is 0.0466. The number of carboxylic acid groups (broad SMARTS) is 1. The van der Waals surface area contributed by atoms with E-state index in [0.29, 0.717) is 12.1 Å². The van der Waals surface area contributed by atoms with E-state index in [0.717, 1.165) is 6.20 Å². The zero-order valence-electron chi connectivity index (χ0n) is 14.5. The van der Waals surface area contributed by atoms with Crippen molar-refractivity contribution in [3.8, 4) is 0 Å². The number of aliphatic carboxylic acids is 1. The number of alkyl halides is 6. The Bertz CT molecular complexity index is 943. The fourth-order valence-corrected chi connectivity index (χ4v) is 2.16. The number of aromatic nitrogens is 2.